The van der Waals surface area contributed by atoms with Crippen molar-refractivity contribution in [1.29, 1.82) is 0 Å². The number of benzene rings is 2. The average molecular weight is 397 g/mol. The van der Waals surface area contributed by atoms with Crippen molar-refractivity contribution >= 4 is 21.7 Å². The molecule has 0 aliphatic carbocycles. The lowest BCUT2D eigenvalue weighted by Gasteiger charge is -2.12. The van der Waals surface area contributed by atoms with E-state index >= 15 is 0 Å². The first kappa shape index (κ1) is 19.4. The number of carboxylic acid groups (broad SMARTS) is 1. The smallest absolute Gasteiger partial charge is 0.478 e. The predicted octanol–water partition coefficient (Wildman–Crippen LogP) is 3.36. The van der Waals surface area contributed by atoms with E-state index in [1.165, 1.54) is 0 Å². The van der Waals surface area contributed by atoms with Crippen LogP contribution >= 0.6 is 0 Å². The third kappa shape index (κ3) is 4.59. The molecule has 2 rings (SSSR count). The molecule has 2 aromatic carbocycles. The Morgan fingerprint density at radius 2 is 1.73 bits per heavy atom. The zero-order valence-electron chi connectivity index (χ0n) is 12.3. The Morgan fingerprint density at radius 1 is 1.08 bits per heavy atom. The van der Waals surface area contributed by atoms with E-state index in [4.69, 9.17) is 5.11 Å². The van der Waals surface area contributed by atoms with Crippen LogP contribution in [0.25, 0.3) is 0 Å². The van der Waals surface area contributed by atoms with Gasteiger partial charge < -0.3 is 9.84 Å². The normalized spacial score (nSPS) is 11.9. The maximum Gasteiger partial charge on any atom is 0.573 e. The molecule has 0 amide bonds. The fraction of sp³-hybridized carbons (Fsp3) is 0.0714. The molecule has 2 N–H and O–H groups in total. The molecule has 0 aliphatic heterocycles. The highest BCUT2D eigenvalue weighted by Crippen LogP contribution is 2.27. The largest absolute Gasteiger partial charge is 0.573 e. The summed E-state index contributed by atoms with van der Waals surface area (Å²) in [6.45, 7) is 0. The molecule has 0 fully saturated rings. The molecule has 0 aliphatic rings. The van der Waals surface area contributed by atoms with Crippen LogP contribution in [-0.2, 0) is 10.0 Å². The van der Waals surface area contributed by atoms with Gasteiger partial charge in [0.2, 0.25) is 0 Å². The number of nitrogens with one attached hydrogen (secondary N) is 1. The molecule has 0 radical (unpaired) electrons. The highest BCUT2D eigenvalue weighted by atomic mass is 32.2. The number of carbonyl (C=O) groups is 1. The predicted molar refractivity (Wildman–Crippen MR) is 77.3 cm³/mol. The Labute approximate surface area is 142 Å². The Hall–Kier alpha value is -2.89. The molecular weight excluding hydrogens is 389 g/mol. The molecule has 26 heavy (non-hydrogen) atoms. The number of alkyl halides is 3. The van der Waals surface area contributed by atoms with Crippen molar-refractivity contribution in [2.24, 2.45) is 0 Å². The summed E-state index contributed by atoms with van der Waals surface area (Å²) in [5.74, 6) is -5.47. The van der Waals surface area contributed by atoms with Crippen LogP contribution in [0.2, 0.25) is 0 Å². The van der Waals surface area contributed by atoms with Crippen LogP contribution in [0, 0.1) is 11.6 Å². The molecule has 0 bridgehead atoms. The zero-order valence-corrected chi connectivity index (χ0v) is 13.2. The van der Waals surface area contributed by atoms with Gasteiger partial charge in [0.05, 0.1) is 16.1 Å². The van der Waals surface area contributed by atoms with E-state index < -0.39 is 55.9 Å². The van der Waals surface area contributed by atoms with Crippen molar-refractivity contribution in [2.75, 3.05) is 4.72 Å². The standard InChI is InChI=1S/C14H8F5NO5S/c15-10-6-11(16)12(5-9(10)13(21)22)20-26(23,24)8-3-1-2-7(4-8)25-14(17,18)19/h1-6,20H,(H,21,22). The van der Waals surface area contributed by atoms with Crippen molar-refractivity contribution in [2.45, 2.75) is 11.3 Å². The lowest BCUT2D eigenvalue weighted by atomic mass is 10.2. The number of rotatable bonds is 5. The zero-order chi connectivity index (χ0) is 19.7. The summed E-state index contributed by atoms with van der Waals surface area (Å²) in [7, 11) is -4.62. The Morgan fingerprint density at radius 3 is 2.31 bits per heavy atom. The van der Waals surface area contributed by atoms with Crippen LogP contribution in [0.1, 0.15) is 10.4 Å². The minimum atomic E-state index is -5.06. The van der Waals surface area contributed by atoms with Gasteiger partial charge in [-0.05, 0) is 18.2 Å². The fourth-order valence-corrected chi connectivity index (χ4v) is 2.93. The van der Waals surface area contributed by atoms with Gasteiger partial charge in [-0.3, -0.25) is 4.72 Å². The number of ether oxygens (including phenoxy) is 1. The van der Waals surface area contributed by atoms with Gasteiger partial charge in [-0.1, -0.05) is 6.07 Å². The van der Waals surface area contributed by atoms with E-state index in [0.29, 0.717) is 12.1 Å². The highest BCUT2D eigenvalue weighted by Gasteiger charge is 2.31. The first-order valence-corrected chi connectivity index (χ1v) is 7.98. The van der Waals surface area contributed by atoms with Crippen molar-refractivity contribution in [1.82, 2.24) is 0 Å². The molecule has 0 heterocycles. The summed E-state index contributed by atoms with van der Waals surface area (Å²) in [6, 6.07) is 3.76. The van der Waals surface area contributed by atoms with Gasteiger partial charge in [-0.15, -0.1) is 13.2 Å². The first-order chi connectivity index (χ1) is 11.9. The van der Waals surface area contributed by atoms with E-state index in [2.05, 4.69) is 4.74 Å². The number of carboxylic acids is 1. The topological polar surface area (TPSA) is 92.7 Å². The summed E-state index contributed by atoms with van der Waals surface area (Å²) in [6.07, 6.45) is -5.06. The number of halogens is 5. The van der Waals surface area contributed by atoms with Crippen molar-refractivity contribution < 1.29 is 45.0 Å². The lowest BCUT2D eigenvalue weighted by Crippen LogP contribution is -2.18. The van der Waals surface area contributed by atoms with Gasteiger partial charge in [-0.2, -0.15) is 0 Å². The molecule has 0 unspecified atom stereocenters. The molecule has 0 spiro atoms. The average Bonchev–Trinajstić information content (AvgIpc) is 2.48. The second kappa shape index (κ2) is 6.78. The van der Waals surface area contributed by atoms with Crippen molar-refractivity contribution in [3.05, 3.63) is 53.6 Å². The second-order valence-corrected chi connectivity index (χ2v) is 6.43. The molecule has 140 valence electrons. The quantitative estimate of drug-likeness (QED) is 0.755. The van der Waals surface area contributed by atoms with E-state index in [0.717, 1.165) is 18.2 Å². The number of hydrogen-bond acceptors (Lipinski definition) is 4. The minimum absolute atomic E-state index is 0.157. The van der Waals surface area contributed by atoms with Gasteiger partial charge in [0.15, 0.2) is 0 Å². The van der Waals surface area contributed by atoms with E-state index in [9.17, 15) is 35.2 Å². The number of hydrogen-bond donors (Lipinski definition) is 2. The van der Waals surface area contributed by atoms with Gasteiger partial charge in [0.25, 0.3) is 10.0 Å². The maximum absolute atomic E-state index is 13.7. The highest BCUT2D eigenvalue weighted by molar-refractivity contribution is 7.92. The number of anilines is 1. The van der Waals surface area contributed by atoms with Crippen LogP contribution in [-0.4, -0.2) is 25.9 Å². The van der Waals surface area contributed by atoms with E-state index in [-0.39, 0.29) is 6.07 Å². The van der Waals surface area contributed by atoms with Crippen LogP contribution in [0.3, 0.4) is 0 Å². The van der Waals surface area contributed by atoms with Gasteiger partial charge in [0, 0.05) is 12.1 Å². The molecule has 0 atom stereocenters. The van der Waals surface area contributed by atoms with Crippen LogP contribution in [0.5, 0.6) is 5.75 Å². The van der Waals surface area contributed by atoms with Crippen molar-refractivity contribution in [3.63, 3.8) is 0 Å². The van der Waals surface area contributed by atoms with Crippen LogP contribution in [0.4, 0.5) is 27.6 Å². The Kier molecular flexibility index (Phi) is 5.07. The van der Waals surface area contributed by atoms with Gasteiger partial charge in [-0.25, -0.2) is 22.0 Å². The first-order valence-electron chi connectivity index (χ1n) is 6.50. The third-order valence-electron chi connectivity index (χ3n) is 2.88. The van der Waals surface area contributed by atoms with Crippen LogP contribution < -0.4 is 9.46 Å². The minimum Gasteiger partial charge on any atom is -0.478 e. The molecule has 0 saturated carbocycles. The summed E-state index contributed by atoms with van der Waals surface area (Å²) < 4.78 is 93.2. The summed E-state index contributed by atoms with van der Waals surface area (Å²) in [5.41, 5.74) is -1.90. The number of sulfonamides is 1. The van der Waals surface area contributed by atoms with Crippen molar-refractivity contribution in [3.8, 4) is 5.75 Å². The Bertz CT molecular complexity index is 959. The Balaban J connectivity index is 2.39. The van der Waals surface area contributed by atoms with E-state index in [1.54, 1.807) is 4.72 Å². The summed E-state index contributed by atoms with van der Waals surface area (Å²) in [4.78, 5) is 10.1. The summed E-state index contributed by atoms with van der Waals surface area (Å²) >= 11 is 0. The molecule has 0 aromatic heterocycles. The van der Waals surface area contributed by atoms with Crippen LogP contribution in [0.15, 0.2) is 41.3 Å². The summed E-state index contributed by atoms with van der Waals surface area (Å²) in [5, 5.41) is 8.78. The third-order valence-corrected chi connectivity index (χ3v) is 4.24. The molecular formula is C14H8F5NO5S. The monoisotopic (exact) mass is 397 g/mol. The molecule has 0 saturated heterocycles. The lowest BCUT2D eigenvalue weighted by molar-refractivity contribution is -0.274. The molecule has 2 aromatic rings. The molecule has 12 heteroatoms. The second-order valence-electron chi connectivity index (χ2n) is 4.75. The van der Waals surface area contributed by atoms with Gasteiger partial charge in [0.1, 0.15) is 17.4 Å². The van der Waals surface area contributed by atoms with Gasteiger partial charge >= 0.3 is 12.3 Å². The molecule has 6 nitrogen and oxygen atoms in total. The number of aromatic carboxylic acids is 1. The van der Waals surface area contributed by atoms with E-state index in [1.807, 2.05) is 0 Å². The SMILES string of the molecule is O=C(O)c1cc(NS(=O)(=O)c2cccc(OC(F)(F)F)c2)c(F)cc1F. The maximum atomic E-state index is 13.7. The fourth-order valence-electron chi connectivity index (χ4n) is 1.83.